The molecule has 6 heteroatoms. The zero-order valence-electron chi connectivity index (χ0n) is 15.1. The maximum Gasteiger partial charge on any atom is 0.191 e. The van der Waals surface area contributed by atoms with Gasteiger partial charge in [0.1, 0.15) is 5.75 Å². The molecule has 2 N–H and O–H groups in total. The highest BCUT2D eigenvalue weighted by Gasteiger charge is 2.29. The summed E-state index contributed by atoms with van der Waals surface area (Å²) in [5, 5.41) is 6.72. The lowest BCUT2D eigenvalue weighted by molar-refractivity contribution is 0.0243. The number of nitrogens with zero attached hydrogens (tertiary/aromatic N) is 1. The van der Waals surface area contributed by atoms with Gasteiger partial charge in [-0.05, 0) is 44.7 Å². The van der Waals surface area contributed by atoms with Gasteiger partial charge in [-0.15, -0.1) is 24.0 Å². The van der Waals surface area contributed by atoms with Crippen molar-refractivity contribution in [3.63, 3.8) is 0 Å². The molecule has 0 radical (unpaired) electrons. The number of benzene rings is 1. The second kappa shape index (κ2) is 10.1. The van der Waals surface area contributed by atoms with E-state index in [9.17, 15) is 0 Å². The predicted octanol–water partition coefficient (Wildman–Crippen LogP) is 2.90. The molecule has 2 rings (SSSR count). The van der Waals surface area contributed by atoms with Crippen LogP contribution in [0.15, 0.2) is 23.2 Å². The number of halogens is 1. The molecule has 0 aromatic heterocycles. The molecule has 1 atom stereocenters. The first-order valence-electron chi connectivity index (χ1n) is 8.28. The molecule has 0 amide bonds. The van der Waals surface area contributed by atoms with E-state index in [0.29, 0.717) is 0 Å². The fraction of sp³-hybridized carbons (Fsp3) is 0.611. The minimum Gasteiger partial charge on any atom is -0.496 e. The average molecular weight is 447 g/mol. The van der Waals surface area contributed by atoms with Crippen molar-refractivity contribution in [2.75, 3.05) is 33.9 Å². The molecule has 24 heavy (non-hydrogen) atoms. The third-order valence-electron chi connectivity index (χ3n) is 4.28. The molecule has 1 aliphatic rings. The van der Waals surface area contributed by atoms with E-state index < -0.39 is 0 Å². The summed E-state index contributed by atoms with van der Waals surface area (Å²) in [6.45, 7) is 6.69. The minimum atomic E-state index is -0.0720. The summed E-state index contributed by atoms with van der Waals surface area (Å²) < 4.78 is 11.2. The number of guanidine groups is 1. The van der Waals surface area contributed by atoms with E-state index in [0.717, 1.165) is 50.7 Å². The van der Waals surface area contributed by atoms with Gasteiger partial charge in [-0.3, -0.25) is 4.99 Å². The Morgan fingerprint density at radius 2 is 2.17 bits per heavy atom. The van der Waals surface area contributed by atoms with Crippen molar-refractivity contribution in [1.82, 2.24) is 10.6 Å². The van der Waals surface area contributed by atoms with Gasteiger partial charge in [-0.2, -0.15) is 0 Å². The molecule has 1 aromatic carbocycles. The topological polar surface area (TPSA) is 54.9 Å². The maximum absolute atomic E-state index is 5.79. The highest BCUT2D eigenvalue weighted by Crippen LogP contribution is 2.23. The second-order valence-corrected chi connectivity index (χ2v) is 6.32. The van der Waals surface area contributed by atoms with Crippen molar-refractivity contribution >= 4 is 29.9 Å². The van der Waals surface area contributed by atoms with Gasteiger partial charge >= 0.3 is 0 Å². The van der Waals surface area contributed by atoms with E-state index in [-0.39, 0.29) is 29.6 Å². The molecule has 1 fully saturated rings. The summed E-state index contributed by atoms with van der Waals surface area (Å²) in [4.78, 5) is 4.28. The van der Waals surface area contributed by atoms with Crippen LogP contribution in [0.1, 0.15) is 30.9 Å². The van der Waals surface area contributed by atoms with Crippen molar-refractivity contribution in [1.29, 1.82) is 0 Å². The molecule has 1 aliphatic heterocycles. The summed E-state index contributed by atoms with van der Waals surface area (Å²) >= 11 is 0. The molecule has 136 valence electrons. The largest absolute Gasteiger partial charge is 0.496 e. The van der Waals surface area contributed by atoms with E-state index in [1.807, 2.05) is 6.07 Å². The summed E-state index contributed by atoms with van der Waals surface area (Å²) in [6, 6.07) is 6.26. The van der Waals surface area contributed by atoms with Gasteiger partial charge < -0.3 is 20.1 Å². The van der Waals surface area contributed by atoms with Crippen LogP contribution in [-0.2, 0) is 11.2 Å². The Balaban J connectivity index is 0.00000288. The van der Waals surface area contributed by atoms with E-state index in [4.69, 9.17) is 9.47 Å². The Morgan fingerprint density at radius 1 is 1.38 bits per heavy atom. The van der Waals surface area contributed by atoms with Crippen LogP contribution in [-0.4, -0.2) is 45.4 Å². The predicted molar refractivity (Wildman–Crippen MR) is 110 cm³/mol. The molecule has 1 aromatic rings. The lowest BCUT2D eigenvalue weighted by Crippen LogP contribution is -2.45. The fourth-order valence-corrected chi connectivity index (χ4v) is 2.89. The zero-order valence-corrected chi connectivity index (χ0v) is 17.5. The summed E-state index contributed by atoms with van der Waals surface area (Å²) in [5.74, 6) is 1.75. The smallest absolute Gasteiger partial charge is 0.191 e. The minimum absolute atomic E-state index is 0. The molecule has 1 heterocycles. The highest BCUT2D eigenvalue weighted by atomic mass is 127. The zero-order chi connectivity index (χ0) is 16.7. The number of aliphatic imine (C=N–C) groups is 1. The number of nitrogens with one attached hydrogen (secondary N) is 2. The van der Waals surface area contributed by atoms with Crippen LogP contribution in [0, 0.1) is 6.92 Å². The van der Waals surface area contributed by atoms with Crippen LogP contribution in [0.25, 0.3) is 0 Å². The number of hydrogen-bond acceptors (Lipinski definition) is 3. The second-order valence-electron chi connectivity index (χ2n) is 6.32. The SMILES string of the molecule is CN=C(NCCc1cc(C)ccc1OC)NCC1(C)CCCO1.I. The molecule has 0 saturated carbocycles. The van der Waals surface area contributed by atoms with Crippen LogP contribution in [0.2, 0.25) is 0 Å². The van der Waals surface area contributed by atoms with Crippen LogP contribution < -0.4 is 15.4 Å². The lowest BCUT2D eigenvalue weighted by atomic mass is 10.0. The Kier molecular flexibility index (Phi) is 8.83. The van der Waals surface area contributed by atoms with Crippen LogP contribution in [0.3, 0.4) is 0 Å². The van der Waals surface area contributed by atoms with Crippen molar-refractivity contribution in [2.24, 2.45) is 4.99 Å². The lowest BCUT2D eigenvalue weighted by Gasteiger charge is -2.24. The third-order valence-corrected chi connectivity index (χ3v) is 4.28. The number of ether oxygens (including phenoxy) is 2. The Morgan fingerprint density at radius 3 is 2.79 bits per heavy atom. The number of rotatable bonds is 6. The normalized spacial score (nSPS) is 20.4. The standard InChI is InChI=1S/C18H29N3O2.HI/c1-14-6-7-16(22-4)15(12-14)8-10-20-17(19-3)21-13-18(2)9-5-11-23-18;/h6-7,12H,5,8-11,13H2,1-4H3,(H2,19,20,21);1H. The molecule has 5 nitrogen and oxygen atoms in total. The van der Waals surface area contributed by atoms with Crippen molar-refractivity contribution < 1.29 is 9.47 Å². The Labute approximate surface area is 162 Å². The van der Waals surface area contributed by atoms with E-state index in [2.05, 4.69) is 41.6 Å². The number of aryl methyl sites for hydroxylation is 1. The molecular weight excluding hydrogens is 417 g/mol. The highest BCUT2D eigenvalue weighted by molar-refractivity contribution is 14.0. The van der Waals surface area contributed by atoms with Crippen LogP contribution in [0.5, 0.6) is 5.75 Å². The van der Waals surface area contributed by atoms with E-state index >= 15 is 0 Å². The summed E-state index contributed by atoms with van der Waals surface area (Å²) in [7, 11) is 3.50. The van der Waals surface area contributed by atoms with Crippen molar-refractivity contribution in [3.8, 4) is 5.75 Å². The third kappa shape index (κ3) is 6.12. The van der Waals surface area contributed by atoms with Gasteiger partial charge in [0.15, 0.2) is 5.96 Å². The first kappa shape index (κ1) is 21.0. The fourth-order valence-electron chi connectivity index (χ4n) is 2.89. The van der Waals surface area contributed by atoms with Gasteiger partial charge in [-0.1, -0.05) is 17.7 Å². The number of methoxy groups -OCH3 is 1. The molecular formula is C18H30IN3O2. The average Bonchev–Trinajstić information content (AvgIpc) is 2.98. The molecule has 1 unspecified atom stereocenters. The van der Waals surface area contributed by atoms with Crippen LogP contribution in [0.4, 0.5) is 0 Å². The molecule has 0 spiro atoms. The maximum atomic E-state index is 5.79. The molecule has 0 aliphatic carbocycles. The number of hydrogen-bond donors (Lipinski definition) is 2. The molecule has 1 saturated heterocycles. The summed E-state index contributed by atoms with van der Waals surface area (Å²) in [6.07, 6.45) is 3.12. The van der Waals surface area contributed by atoms with Crippen molar-refractivity contribution in [3.05, 3.63) is 29.3 Å². The first-order chi connectivity index (χ1) is 11.1. The Bertz CT molecular complexity index is 543. The molecule has 0 bridgehead atoms. The van der Waals surface area contributed by atoms with Gasteiger partial charge in [0, 0.05) is 26.7 Å². The van der Waals surface area contributed by atoms with Gasteiger partial charge in [0.05, 0.1) is 12.7 Å². The summed E-state index contributed by atoms with van der Waals surface area (Å²) in [5.41, 5.74) is 2.38. The van der Waals surface area contributed by atoms with Gasteiger partial charge in [0.25, 0.3) is 0 Å². The monoisotopic (exact) mass is 447 g/mol. The van der Waals surface area contributed by atoms with Crippen molar-refractivity contribution in [2.45, 2.75) is 38.7 Å². The van der Waals surface area contributed by atoms with Gasteiger partial charge in [0.2, 0.25) is 0 Å². The first-order valence-corrected chi connectivity index (χ1v) is 8.28. The van der Waals surface area contributed by atoms with Crippen LogP contribution >= 0.6 is 24.0 Å². The quantitative estimate of drug-likeness (QED) is 0.400. The van der Waals surface area contributed by atoms with E-state index in [1.165, 1.54) is 11.1 Å². The van der Waals surface area contributed by atoms with E-state index in [1.54, 1.807) is 14.2 Å². The Hall–Kier alpha value is -1.02. The van der Waals surface area contributed by atoms with Gasteiger partial charge in [-0.25, -0.2) is 0 Å².